The van der Waals surface area contributed by atoms with Crippen LogP contribution < -0.4 is 0 Å². The summed E-state index contributed by atoms with van der Waals surface area (Å²) < 4.78 is 5.91. The Kier molecular flexibility index (Phi) is 4.31. The third-order valence-corrected chi connectivity index (χ3v) is 7.11. The number of carbonyl (C=O) groups is 1. The van der Waals surface area contributed by atoms with Crippen molar-refractivity contribution < 1.29 is 14.6 Å². The molecule has 0 saturated carbocycles. The maximum absolute atomic E-state index is 11.4. The second-order valence-corrected chi connectivity index (χ2v) is 8.04. The Bertz CT molecular complexity index is 287. The van der Waals surface area contributed by atoms with Crippen LogP contribution in [0.2, 0.25) is 0 Å². The molecule has 2 heterocycles. The van der Waals surface area contributed by atoms with Crippen LogP contribution >= 0.6 is 23.5 Å². The number of hydrogen-bond donors (Lipinski definition) is 1. The Morgan fingerprint density at radius 3 is 2.59 bits per heavy atom. The quantitative estimate of drug-likeness (QED) is 0.784. The Morgan fingerprint density at radius 1 is 1.35 bits per heavy atom. The molecule has 2 aliphatic heterocycles. The lowest BCUT2D eigenvalue weighted by Crippen LogP contribution is -2.46. The van der Waals surface area contributed by atoms with Crippen molar-refractivity contribution >= 4 is 29.5 Å². The number of hydrogen-bond acceptors (Lipinski definition) is 5. The van der Waals surface area contributed by atoms with E-state index in [0.29, 0.717) is 11.0 Å². The van der Waals surface area contributed by atoms with Gasteiger partial charge in [-0.05, 0) is 17.9 Å². The van der Waals surface area contributed by atoms with Crippen molar-refractivity contribution in [3.05, 3.63) is 0 Å². The number of rotatable bonds is 2. The lowest BCUT2D eigenvalue weighted by Gasteiger charge is -2.43. The fourth-order valence-corrected chi connectivity index (χ4v) is 5.66. The highest BCUT2D eigenvalue weighted by molar-refractivity contribution is 8.17. The van der Waals surface area contributed by atoms with Crippen LogP contribution in [0.5, 0.6) is 0 Å². The van der Waals surface area contributed by atoms with Crippen molar-refractivity contribution in [2.45, 2.75) is 49.9 Å². The van der Waals surface area contributed by atoms with Crippen molar-refractivity contribution in [2.24, 2.45) is 5.41 Å². The first-order valence-electron chi connectivity index (χ1n) is 6.11. The monoisotopic (exact) mass is 276 g/mol. The molecule has 0 bridgehead atoms. The maximum atomic E-state index is 11.4. The molecule has 0 spiro atoms. The van der Waals surface area contributed by atoms with Gasteiger partial charge < -0.3 is 9.84 Å². The number of carbonyl (C=O) groups excluding carboxylic acids is 1. The van der Waals surface area contributed by atoms with Gasteiger partial charge in [-0.2, -0.15) is 0 Å². The summed E-state index contributed by atoms with van der Waals surface area (Å²) >= 11 is 3.91. The summed E-state index contributed by atoms with van der Waals surface area (Å²) in [4.78, 5) is 11.4. The lowest BCUT2D eigenvalue weighted by atomic mass is 9.83. The molecular weight excluding hydrogens is 256 g/mol. The van der Waals surface area contributed by atoms with E-state index in [4.69, 9.17) is 4.74 Å². The largest absolute Gasteiger partial charge is 0.462 e. The van der Waals surface area contributed by atoms with Crippen LogP contribution in [0, 0.1) is 5.41 Å². The molecule has 0 aromatic rings. The molecule has 0 unspecified atom stereocenters. The topological polar surface area (TPSA) is 46.5 Å². The van der Waals surface area contributed by atoms with E-state index in [1.807, 2.05) is 23.5 Å². The van der Waals surface area contributed by atoms with Gasteiger partial charge in [0.15, 0.2) is 0 Å². The Morgan fingerprint density at radius 2 is 2.00 bits per heavy atom. The van der Waals surface area contributed by atoms with E-state index in [1.54, 1.807) is 0 Å². The molecule has 0 aromatic carbocycles. The van der Waals surface area contributed by atoms with E-state index in [0.717, 1.165) is 0 Å². The van der Waals surface area contributed by atoms with E-state index < -0.39 is 6.10 Å². The Hall–Kier alpha value is 0.130. The number of ether oxygens (including phenoxy) is 1. The van der Waals surface area contributed by atoms with Crippen LogP contribution in [-0.4, -0.2) is 39.4 Å². The van der Waals surface area contributed by atoms with Gasteiger partial charge in [0.2, 0.25) is 0 Å². The summed E-state index contributed by atoms with van der Waals surface area (Å²) in [6.45, 7) is 4.30. The zero-order valence-electron chi connectivity index (χ0n) is 10.3. The summed E-state index contributed by atoms with van der Waals surface area (Å²) in [5.41, 5.74) is -0.0766. The predicted octanol–water partition coefficient (Wildman–Crippen LogP) is 2.28. The zero-order valence-corrected chi connectivity index (χ0v) is 12.0. The summed E-state index contributed by atoms with van der Waals surface area (Å²) in [6.07, 6.45) is 1.31. The first-order valence-corrected chi connectivity index (χ1v) is 8.20. The SMILES string of the molecule is CC(C)(C1SCCCS1)[C@H]1C[C@@H](O)CC(=O)O1. The van der Waals surface area contributed by atoms with E-state index in [-0.39, 0.29) is 23.9 Å². The van der Waals surface area contributed by atoms with E-state index in [1.165, 1.54) is 17.9 Å². The molecule has 0 amide bonds. The molecule has 2 aliphatic rings. The van der Waals surface area contributed by atoms with Crippen LogP contribution in [0.4, 0.5) is 0 Å². The second kappa shape index (κ2) is 5.41. The fraction of sp³-hybridized carbons (Fsp3) is 0.917. The van der Waals surface area contributed by atoms with Crippen LogP contribution in [-0.2, 0) is 9.53 Å². The van der Waals surface area contributed by atoms with Crippen molar-refractivity contribution in [3.63, 3.8) is 0 Å². The molecule has 3 nitrogen and oxygen atoms in total. The molecule has 2 saturated heterocycles. The standard InChI is InChI=1S/C12H20O3S2/c1-12(2,11-16-4-3-5-17-11)9-6-8(13)7-10(14)15-9/h8-9,11,13H,3-7H2,1-2H3/t8-,9-/m1/s1. The minimum absolute atomic E-state index is 0.0766. The molecule has 17 heavy (non-hydrogen) atoms. The molecule has 5 heteroatoms. The molecule has 2 rings (SSSR count). The zero-order chi connectivity index (χ0) is 12.5. The van der Waals surface area contributed by atoms with Gasteiger partial charge in [0.05, 0.1) is 17.1 Å². The number of esters is 1. The minimum atomic E-state index is -0.529. The average Bonchev–Trinajstić information content (AvgIpc) is 2.29. The van der Waals surface area contributed by atoms with Crippen LogP contribution in [0.1, 0.15) is 33.1 Å². The number of aliphatic hydroxyl groups is 1. The van der Waals surface area contributed by atoms with Gasteiger partial charge in [-0.3, -0.25) is 4.79 Å². The molecule has 1 N–H and O–H groups in total. The normalized spacial score (nSPS) is 32.3. The van der Waals surface area contributed by atoms with Crippen LogP contribution in [0.3, 0.4) is 0 Å². The summed E-state index contributed by atoms with van der Waals surface area (Å²) in [6, 6.07) is 0. The number of cyclic esters (lactones) is 1. The van der Waals surface area contributed by atoms with Gasteiger partial charge in [0, 0.05) is 11.8 Å². The molecule has 0 aromatic heterocycles. The van der Waals surface area contributed by atoms with Crippen molar-refractivity contribution in [1.29, 1.82) is 0 Å². The third kappa shape index (κ3) is 3.12. The van der Waals surface area contributed by atoms with Gasteiger partial charge in [0.1, 0.15) is 6.10 Å². The smallest absolute Gasteiger partial charge is 0.308 e. The highest BCUT2D eigenvalue weighted by atomic mass is 32.2. The van der Waals surface area contributed by atoms with Gasteiger partial charge in [-0.25, -0.2) is 0 Å². The van der Waals surface area contributed by atoms with E-state index >= 15 is 0 Å². The second-order valence-electron chi connectivity index (χ2n) is 5.32. The summed E-state index contributed by atoms with van der Waals surface area (Å²) in [5, 5.41) is 9.70. The molecule has 2 atom stereocenters. The fourth-order valence-electron chi connectivity index (χ4n) is 2.30. The number of thioether (sulfide) groups is 2. The van der Waals surface area contributed by atoms with Crippen molar-refractivity contribution in [2.75, 3.05) is 11.5 Å². The molecule has 0 radical (unpaired) electrons. The summed E-state index contributed by atoms with van der Waals surface area (Å²) in [5.74, 6) is 2.11. The van der Waals surface area contributed by atoms with Crippen molar-refractivity contribution in [3.8, 4) is 0 Å². The van der Waals surface area contributed by atoms with E-state index in [2.05, 4.69) is 13.8 Å². The van der Waals surface area contributed by atoms with E-state index in [9.17, 15) is 9.90 Å². The van der Waals surface area contributed by atoms with Crippen LogP contribution in [0.25, 0.3) is 0 Å². The predicted molar refractivity (Wildman–Crippen MR) is 72.2 cm³/mol. The maximum Gasteiger partial charge on any atom is 0.308 e. The Balaban J connectivity index is 2.04. The first kappa shape index (κ1) is 13.6. The van der Waals surface area contributed by atoms with Crippen LogP contribution in [0.15, 0.2) is 0 Å². The average molecular weight is 276 g/mol. The van der Waals surface area contributed by atoms with Gasteiger partial charge >= 0.3 is 5.97 Å². The summed E-state index contributed by atoms with van der Waals surface area (Å²) in [7, 11) is 0. The van der Waals surface area contributed by atoms with Gasteiger partial charge in [-0.1, -0.05) is 13.8 Å². The minimum Gasteiger partial charge on any atom is -0.462 e. The third-order valence-electron chi connectivity index (χ3n) is 3.43. The van der Waals surface area contributed by atoms with Gasteiger partial charge in [0.25, 0.3) is 0 Å². The number of aliphatic hydroxyl groups excluding tert-OH is 1. The first-order chi connectivity index (χ1) is 8.00. The molecule has 2 fully saturated rings. The van der Waals surface area contributed by atoms with Crippen molar-refractivity contribution in [1.82, 2.24) is 0 Å². The lowest BCUT2D eigenvalue weighted by molar-refractivity contribution is -0.168. The molecule has 98 valence electrons. The van der Waals surface area contributed by atoms with Gasteiger partial charge in [-0.15, -0.1) is 23.5 Å². The molecular formula is C12H20O3S2. The highest BCUT2D eigenvalue weighted by Crippen LogP contribution is 2.47. The highest BCUT2D eigenvalue weighted by Gasteiger charge is 2.44. The Labute approximate surface area is 111 Å². The molecule has 0 aliphatic carbocycles.